The molecule has 1 aliphatic heterocycles. The number of ether oxygens (including phenoxy) is 1. The van der Waals surface area contributed by atoms with Gasteiger partial charge in [-0.2, -0.15) is 5.26 Å². The van der Waals surface area contributed by atoms with Gasteiger partial charge in [0.05, 0.1) is 11.6 Å². The lowest BCUT2D eigenvalue weighted by molar-refractivity contribution is 0.0509. The number of nitrogens with zero attached hydrogens (tertiary/aromatic N) is 3. The molecule has 0 bridgehead atoms. The summed E-state index contributed by atoms with van der Waals surface area (Å²) >= 11 is 5.96. The SMILES string of the molecule is CC(C)(C)OC(=O)N[C@H]1CCN(c2[nH]c(-c3ccnc(Cl)c3)cc2C#N)C1. The van der Waals surface area contributed by atoms with Gasteiger partial charge in [0.15, 0.2) is 0 Å². The number of anilines is 1. The number of hydrogen-bond acceptors (Lipinski definition) is 5. The van der Waals surface area contributed by atoms with Crippen LogP contribution in [0, 0.1) is 11.3 Å². The van der Waals surface area contributed by atoms with Gasteiger partial charge in [-0.15, -0.1) is 0 Å². The highest BCUT2D eigenvalue weighted by Gasteiger charge is 2.28. The van der Waals surface area contributed by atoms with Crippen molar-refractivity contribution in [1.29, 1.82) is 5.26 Å². The van der Waals surface area contributed by atoms with Crippen LogP contribution in [0.4, 0.5) is 10.6 Å². The minimum absolute atomic E-state index is 0.0338. The first-order valence-electron chi connectivity index (χ1n) is 8.74. The molecule has 1 aliphatic rings. The molecule has 3 rings (SSSR count). The Morgan fingerprint density at radius 1 is 1.48 bits per heavy atom. The number of amides is 1. The Labute approximate surface area is 163 Å². The van der Waals surface area contributed by atoms with Gasteiger partial charge in [0.25, 0.3) is 0 Å². The number of hydrogen-bond donors (Lipinski definition) is 2. The smallest absolute Gasteiger partial charge is 0.407 e. The average Bonchev–Trinajstić information content (AvgIpc) is 3.19. The minimum atomic E-state index is -0.531. The zero-order valence-electron chi connectivity index (χ0n) is 15.5. The zero-order chi connectivity index (χ0) is 19.6. The van der Waals surface area contributed by atoms with Crippen LogP contribution in [0.2, 0.25) is 5.15 Å². The average molecular weight is 388 g/mol. The lowest BCUT2D eigenvalue weighted by atomic mass is 10.2. The Morgan fingerprint density at radius 2 is 2.26 bits per heavy atom. The molecular formula is C19H22ClN5O2. The number of aromatic nitrogens is 2. The number of alkyl carbamates (subject to hydrolysis) is 1. The van der Waals surface area contributed by atoms with Gasteiger partial charge in [-0.1, -0.05) is 11.6 Å². The van der Waals surface area contributed by atoms with Crippen molar-refractivity contribution < 1.29 is 9.53 Å². The Morgan fingerprint density at radius 3 is 2.93 bits per heavy atom. The highest BCUT2D eigenvalue weighted by Crippen LogP contribution is 2.30. The van der Waals surface area contributed by atoms with E-state index in [1.807, 2.05) is 26.8 Å². The Kier molecular flexibility index (Phi) is 5.29. The van der Waals surface area contributed by atoms with E-state index < -0.39 is 11.7 Å². The van der Waals surface area contributed by atoms with Gasteiger partial charge >= 0.3 is 6.09 Å². The largest absolute Gasteiger partial charge is 0.444 e. The van der Waals surface area contributed by atoms with E-state index >= 15 is 0 Å². The van der Waals surface area contributed by atoms with Crippen LogP contribution in [0.5, 0.6) is 0 Å². The molecule has 2 aromatic rings. The quantitative estimate of drug-likeness (QED) is 0.783. The molecule has 0 aliphatic carbocycles. The lowest BCUT2D eigenvalue weighted by Crippen LogP contribution is -2.40. The molecule has 27 heavy (non-hydrogen) atoms. The second-order valence-corrected chi connectivity index (χ2v) is 7.89. The number of aromatic amines is 1. The maximum absolute atomic E-state index is 12.0. The van der Waals surface area contributed by atoms with E-state index in [9.17, 15) is 10.1 Å². The summed E-state index contributed by atoms with van der Waals surface area (Å²) in [5.74, 6) is 0.744. The number of nitrogens with one attached hydrogen (secondary N) is 2. The fourth-order valence-corrected chi connectivity index (χ4v) is 3.23. The van der Waals surface area contributed by atoms with Crippen molar-refractivity contribution in [2.75, 3.05) is 18.0 Å². The first-order chi connectivity index (χ1) is 12.7. The molecule has 1 atom stereocenters. The van der Waals surface area contributed by atoms with Crippen LogP contribution in [0.25, 0.3) is 11.3 Å². The van der Waals surface area contributed by atoms with E-state index in [1.165, 1.54) is 0 Å². The number of H-pyrrole nitrogens is 1. The summed E-state index contributed by atoms with van der Waals surface area (Å²) < 4.78 is 5.31. The molecule has 0 unspecified atom stereocenters. The third-order valence-corrected chi connectivity index (χ3v) is 4.39. The second-order valence-electron chi connectivity index (χ2n) is 7.50. The van der Waals surface area contributed by atoms with E-state index in [4.69, 9.17) is 16.3 Å². The molecular weight excluding hydrogens is 366 g/mol. The Balaban J connectivity index is 1.72. The number of nitriles is 1. The van der Waals surface area contributed by atoms with E-state index in [2.05, 4.69) is 26.3 Å². The third kappa shape index (κ3) is 4.72. The molecule has 3 heterocycles. The van der Waals surface area contributed by atoms with Crippen molar-refractivity contribution in [3.8, 4) is 17.3 Å². The molecule has 1 saturated heterocycles. The highest BCUT2D eigenvalue weighted by molar-refractivity contribution is 6.29. The van der Waals surface area contributed by atoms with Crippen LogP contribution in [-0.2, 0) is 4.74 Å². The van der Waals surface area contributed by atoms with E-state index in [-0.39, 0.29) is 6.04 Å². The number of rotatable bonds is 3. The van der Waals surface area contributed by atoms with Crippen LogP contribution >= 0.6 is 11.6 Å². The zero-order valence-corrected chi connectivity index (χ0v) is 16.3. The molecule has 0 spiro atoms. The summed E-state index contributed by atoms with van der Waals surface area (Å²) in [6.07, 6.45) is 1.98. The predicted molar refractivity (Wildman–Crippen MR) is 104 cm³/mol. The molecule has 7 nitrogen and oxygen atoms in total. The van der Waals surface area contributed by atoms with E-state index in [1.54, 1.807) is 18.3 Å². The van der Waals surface area contributed by atoms with Crippen molar-refractivity contribution in [2.24, 2.45) is 0 Å². The van der Waals surface area contributed by atoms with Crippen molar-refractivity contribution in [1.82, 2.24) is 15.3 Å². The molecule has 142 valence electrons. The third-order valence-electron chi connectivity index (χ3n) is 4.18. The van der Waals surface area contributed by atoms with Crippen molar-refractivity contribution in [3.63, 3.8) is 0 Å². The summed E-state index contributed by atoms with van der Waals surface area (Å²) in [5, 5.41) is 12.8. The fourth-order valence-electron chi connectivity index (χ4n) is 3.06. The molecule has 8 heteroatoms. The van der Waals surface area contributed by atoms with Gasteiger partial charge in [-0.25, -0.2) is 9.78 Å². The monoisotopic (exact) mass is 387 g/mol. The highest BCUT2D eigenvalue weighted by atomic mass is 35.5. The Bertz CT molecular complexity index is 881. The van der Waals surface area contributed by atoms with Gasteiger partial charge in [0.1, 0.15) is 22.6 Å². The standard InChI is InChI=1S/C19H22ClN5O2/c1-19(2,3)27-18(26)23-14-5-7-25(11-14)17-13(10-21)8-15(24-17)12-4-6-22-16(20)9-12/h4,6,8-9,14,24H,5,7,11H2,1-3H3,(H,23,26)/t14-/m0/s1. The summed E-state index contributed by atoms with van der Waals surface area (Å²) in [6.45, 7) is 6.83. The van der Waals surface area contributed by atoms with Crippen LogP contribution < -0.4 is 10.2 Å². The number of halogens is 1. The van der Waals surface area contributed by atoms with Gasteiger partial charge in [0, 0.05) is 30.5 Å². The van der Waals surface area contributed by atoms with Gasteiger partial charge in [-0.3, -0.25) is 0 Å². The van der Waals surface area contributed by atoms with Gasteiger partial charge in [-0.05, 0) is 45.4 Å². The molecule has 1 fully saturated rings. The Hall–Kier alpha value is -2.72. The normalized spacial score (nSPS) is 16.9. The first kappa shape index (κ1) is 19.1. The molecule has 1 amide bonds. The van der Waals surface area contributed by atoms with Crippen LogP contribution in [0.1, 0.15) is 32.8 Å². The topological polar surface area (TPSA) is 94.0 Å². The molecule has 0 aromatic carbocycles. The van der Waals surface area contributed by atoms with Crippen LogP contribution in [-0.4, -0.2) is 40.8 Å². The molecule has 0 radical (unpaired) electrons. The molecule has 2 N–H and O–H groups in total. The minimum Gasteiger partial charge on any atom is -0.444 e. The van der Waals surface area contributed by atoms with E-state index in [0.29, 0.717) is 17.3 Å². The number of pyridine rings is 1. The first-order valence-corrected chi connectivity index (χ1v) is 9.12. The van der Waals surface area contributed by atoms with Crippen molar-refractivity contribution in [3.05, 3.63) is 35.1 Å². The molecule has 2 aromatic heterocycles. The summed E-state index contributed by atoms with van der Waals surface area (Å²) in [6, 6.07) is 7.58. The molecule has 0 saturated carbocycles. The maximum Gasteiger partial charge on any atom is 0.407 e. The van der Waals surface area contributed by atoms with Gasteiger partial charge in [0.2, 0.25) is 0 Å². The summed E-state index contributed by atoms with van der Waals surface area (Å²) in [5.41, 5.74) is 1.68. The lowest BCUT2D eigenvalue weighted by Gasteiger charge is -2.22. The van der Waals surface area contributed by atoms with Crippen molar-refractivity contribution >= 4 is 23.5 Å². The maximum atomic E-state index is 12.0. The van der Waals surface area contributed by atoms with E-state index in [0.717, 1.165) is 30.0 Å². The van der Waals surface area contributed by atoms with Crippen LogP contribution in [0.15, 0.2) is 24.4 Å². The summed E-state index contributed by atoms with van der Waals surface area (Å²) in [4.78, 5) is 21.3. The number of carbonyl (C=O) groups excluding carboxylic acids is 1. The summed E-state index contributed by atoms with van der Waals surface area (Å²) in [7, 11) is 0. The number of carbonyl (C=O) groups is 1. The van der Waals surface area contributed by atoms with Gasteiger partial charge < -0.3 is 19.9 Å². The fraction of sp³-hybridized carbons (Fsp3) is 0.421. The second kappa shape index (κ2) is 7.49. The van der Waals surface area contributed by atoms with Crippen molar-refractivity contribution in [2.45, 2.75) is 38.8 Å². The predicted octanol–water partition coefficient (Wildman–Crippen LogP) is 3.71. The van der Waals surface area contributed by atoms with Crippen LogP contribution in [0.3, 0.4) is 0 Å².